The van der Waals surface area contributed by atoms with Crippen molar-refractivity contribution in [3.8, 4) is 0 Å². The zero-order valence-corrected chi connectivity index (χ0v) is 6.91. The Kier molecular flexibility index (Phi) is 2.29. The fourth-order valence-electron chi connectivity index (χ4n) is 0.463. The molecule has 54 valence electrons. The molecule has 0 amide bonds. The van der Waals surface area contributed by atoms with Crippen molar-refractivity contribution < 1.29 is 9.53 Å². The fraction of sp³-hybridized carbons (Fsp3) is 0.200. The second kappa shape index (κ2) is 3.03. The number of methoxy groups -OCH3 is 1. The van der Waals surface area contributed by atoms with Gasteiger partial charge in [-0.2, -0.15) is 0 Å². The molecule has 0 aliphatic heterocycles. The van der Waals surface area contributed by atoms with E-state index in [9.17, 15) is 4.79 Å². The molecule has 1 aromatic rings. The molecule has 1 rings (SSSR count). The standard InChI is InChI=1S/C5H5NO2S2/c1-8-4(7)3-2-10-5(9)6-3/h2H,1H3,(H,6,9). The number of nitrogens with zero attached hydrogens (tertiary/aromatic N) is 1. The number of esters is 1. The molecular formula is C5H5NO2S2. The normalized spacial score (nSPS) is 9.40. The van der Waals surface area contributed by atoms with E-state index in [1.54, 1.807) is 5.38 Å². The number of thiazole rings is 1. The van der Waals surface area contributed by atoms with E-state index < -0.39 is 5.97 Å². The minimum Gasteiger partial charge on any atom is -0.464 e. The topological polar surface area (TPSA) is 39.2 Å². The Labute approximate surface area is 67.5 Å². The third kappa shape index (κ3) is 1.48. The van der Waals surface area contributed by atoms with Crippen molar-refractivity contribution in [1.29, 1.82) is 0 Å². The molecule has 0 fully saturated rings. The lowest BCUT2D eigenvalue weighted by Crippen LogP contribution is -2.00. The molecule has 0 saturated heterocycles. The van der Waals surface area contributed by atoms with Crippen LogP contribution in [0, 0.1) is 0 Å². The highest BCUT2D eigenvalue weighted by Crippen LogP contribution is 2.13. The minimum atomic E-state index is -0.420. The van der Waals surface area contributed by atoms with Crippen molar-refractivity contribution in [3.05, 3.63) is 11.1 Å². The first-order valence-corrected chi connectivity index (χ1v) is 3.79. The molecule has 1 aromatic heterocycles. The Morgan fingerprint density at radius 3 is 3.00 bits per heavy atom. The summed E-state index contributed by atoms with van der Waals surface area (Å²) in [6.45, 7) is 0. The molecule has 5 heteroatoms. The molecule has 3 nitrogen and oxygen atoms in total. The predicted molar refractivity (Wildman–Crippen MR) is 40.7 cm³/mol. The minimum absolute atomic E-state index is 0.317. The van der Waals surface area contributed by atoms with Gasteiger partial charge in [0.2, 0.25) is 0 Å². The molecule has 0 aromatic carbocycles. The Hall–Kier alpha value is -0.550. The van der Waals surface area contributed by atoms with Crippen LogP contribution in [0.5, 0.6) is 0 Å². The van der Waals surface area contributed by atoms with Crippen LogP contribution in [0.4, 0.5) is 0 Å². The van der Waals surface area contributed by atoms with Gasteiger partial charge in [-0.3, -0.25) is 0 Å². The van der Waals surface area contributed by atoms with E-state index in [2.05, 4.69) is 22.3 Å². The first-order chi connectivity index (χ1) is 4.74. The van der Waals surface area contributed by atoms with Crippen LogP contribution in [0.3, 0.4) is 0 Å². The molecule has 0 radical (unpaired) electrons. The number of rotatable bonds is 1. The summed E-state index contributed by atoms with van der Waals surface area (Å²) in [7, 11) is 1.32. The van der Waals surface area contributed by atoms with Crippen molar-refractivity contribution in [3.63, 3.8) is 0 Å². The summed E-state index contributed by atoms with van der Waals surface area (Å²) in [5.41, 5.74) is 0.317. The molecular weight excluding hydrogens is 170 g/mol. The summed E-state index contributed by atoms with van der Waals surface area (Å²) in [4.78, 5) is 14.5. The van der Waals surface area contributed by atoms with Gasteiger partial charge in [-0.15, -0.1) is 24.0 Å². The largest absolute Gasteiger partial charge is 0.464 e. The number of aromatic nitrogens is 1. The van der Waals surface area contributed by atoms with E-state index >= 15 is 0 Å². The van der Waals surface area contributed by atoms with Gasteiger partial charge in [0.1, 0.15) is 4.34 Å². The van der Waals surface area contributed by atoms with Gasteiger partial charge in [-0.05, 0) is 0 Å². The maximum absolute atomic E-state index is 10.7. The number of carbonyl (C=O) groups excluding carboxylic acids is 1. The Morgan fingerprint density at radius 1 is 1.90 bits per heavy atom. The van der Waals surface area contributed by atoms with E-state index in [1.165, 1.54) is 18.4 Å². The molecule has 1 heterocycles. The van der Waals surface area contributed by atoms with Gasteiger partial charge in [0, 0.05) is 5.38 Å². The van der Waals surface area contributed by atoms with Crippen LogP contribution >= 0.6 is 24.0 Å². The first kappa shape index (κ1) is 7.56. The number of ether oxygens (including phenoxy) is 1. The van der Waals surface area contributed by atoms with E-state index in [0.717, 1.165) is 0 Å². The summed E-state index contributed by atoms with van der Waals surface area (Å²) < 4.78 is 4.99. The molecule has 0 saturated carbocycles. The van der Waals surface area contributed by atoms with Crippen molar-refractivity contribution in [2.45, 2.75) is 4.34 Å². The Morgan fingerprint density at radius 2 is 2.60 bits per heavy atom. The maximum atomic E-state index is 10.7. The molecule has 10 heavy (non-hydrogen) atoms. The quantitative estimate of drug-likeness (QED) is 0.515. The van der Waals surface area contributed by atoms with Gasteiger partial charge >= 0.3 is 5.97 Å². The lowest BCUT2D eigenvalue weighted by atomic mass is 10.5. The summed E-state index contributed by atoms with van der Waals surface area (Å²) in [6.07, 6.45) is 0. The molecule has 0 aliphatic rings. The average molecular weight is 175 g/mol. The highest BCUT2D eigenvalue weighted by atomic mass is 32.2. The van der Waals surface area contributed by atoms with E-state index in [1.807, 2.05) is 0 Å². The third-order valence-electron chi connectivity index (χ3n) is 0.887. The third-order valence-corrected chi connectivity index (χ3v) is 1.95. The van der Waals surface area contributed by atoms with Crippen molar-refractivity contribution in [2.24, 2.45) is 0 Å². The number of carbonyl (C=O) groups is 1. The van der Waals surface area contributed by atoms with Gasteiger partial charge in [-0.1, -0.05) is 0 Å². The highest BCUT2D eigenvalue weighted by molar-refractivity contribution is 7.82. The molecule has 0 unspecified atom stereocenters. The van der Waals surface area contributed by atoms with Crippen LogP contribution in [0.25, 0.3) is 0 Å². The summed E-state index contributed by atoms with van der Waals surface area (Å²) in [5, 5.41) is 1.61. The Balaban J connectivity index is 2.85. The lowest BCUT2D eigenvalue weighted by molar-refractivity contribution is 0.0594. The average Bonchev–Trinajstić information content (AvgIpc) is 2.34. The second-order valence-electron chi connectivity index (χ2n) is 1.51. The van der Waals surface area contributed by atoms with Crippen molar-refractivity contribution >= 4 is 29.9 Å². The van der Waals surface area contributed by atoms with Gasteiger partial charge in [0.25, 0.3) is 0 Å². The van der Waals surface area contributed by atoms with Crippen LogP contribution in [0.15, 0.2) is 9.72 Å². The summed E-state index contributed by atoms with van der Waals surface area (Å²) >= 11 is 5.24. The van der Waals surface area contributed by atoms with Crippen molar-refractivity contribution in [1.82, 2.24) is 4.98 Å². The van der Waals surface area contributed by atoms with Crippen molar-refractivity contribution in [2.75, 3.05) is 7.11 Å². The summed E-state index contributed by atoms with van der Waals surface area (Å²) in [5.74, 6) is -0.420. The second-order valence-corrected chi connectivity index (χ2v) is 3.09. The van der Waals surface area contributed by atoms with Gasteiger partial charge < -0.3 is 4.74 Å². The molecule has 0 aliphatic carbocycles. The first-order valence-electron chi connectivity index (χ1n) is 2.47. The Bertz CT molecular complexity index is 246. The molecule has 0 spiro atoms. The van der Waals surface area contributed by atoms with E-state index in [4.69, 9.17) is 0 Å². The summed E-state index contributed by atoms with van der Waals surface area (Å²) in [6, 6.07) is 0. The molecule has 0 bridgehead atoms. The predicted octanol–water partition coefficient (Wildman–Crippen LogP) is 1.22. The number of thiol groups is 1. The smallest absolute Gasteiger partial charge is 0.357 e. The van der Waals surface area contributed by atoms with E-state index in [0.29, 0.717) is 10.0 Å². The maximum Gasteiger partial charge on any atom is 0.357 e. The number of hydrogen-bond acceptors (Lipinski definition) is 5. The zero-order valence-electron chi connectivity index (χ0n) is 5.20. The lowest BCUT2D eigenvalue weighted by Gasteiger charge is -1.89. The van der Waals surface area contributed by atoms with Crippen LogP contribution < -0.4 is 0 Å². The monoisotopic (exact) mass is 175 g/mol. The fourth-order valence-corrected chi connectivity index (χ4v) is 1.25. The SMILES string of the molecule is COC(=O)c1csc(S)n1. The zero-order chi connectivity index (χ0) is 7.56. The molecule has 0 N–H and O–H groups in total. The van der Waals surface area contributed by atoms with Crippen LogP contribution in [0.2, 0.25) is 0 Å². The van der Waals surface area contributed by atoms with Crippen LogP contribution in [-0.4, -0.2) is 18.1 Å². The van der Waals surface area contributed by atoms with Crippen LogP contribution in [0.1, 0.15) is 10.5 Å². The van der Waals surface area contributed by atoms with E-state index in [-0.39, 0.29) is 0 Å². The molecule has 0 atom stereocenters. The van der Waals surface area contributed by atoms with Gasteiger partial charge in [0.15, 0.2) is 5.69 Å². The van der Waals surface area contributed by atoms with Gasteiger partial charge in [-0.25, -0.2) is 9.78 Å². The highest BCUT2D eigenvalue weighted by Gasteiger charge is 2.07. The van der Waals surface area contributed by atoms with Gasteiger partial charge in [0.05, 0.1) is 7.11 Å². The number of hydrogen-bond donors (Lipinski definition) is 1. The van der Waals surface area contributed by atoms with Crippen LogP contribution in [-0.2, 0) is 4.74 Å².